The Bertz CT molecular complexity index is 2930. The third-order valence-electron chi connectivity index (χ3n) is 13.5. The SMILES string of the molecule is Cc1c(C)c2c(c3c1CC[n+]1ccc(/C=C/c4c5ccccc5c(C)c5ccccc45)cc1-3)-c1cc(/C=C/c3c4ccccc4c(C)c4ccccc34)cc[n+]1CC2. The minimum atomic E-state index is 0.986. The lowest BCUT2D eigenvalue weighted by atomic mass is 9.79. The summed E-state index contributed by atoms with van der Waals surface area (Å²) in [4.78, 5) is 0. The predicted molar refractivity (Wildman–Crippen MR) is 245 cm³/mol. The summed E-state index contributed by atoms with van der Waals surface area (Å²) < 4.78 is 4.98. The molecule has 0 unspecified atom stereocenters. The first kappa shape index (κ1) is 34.6. The molecule has 2 aromatic heterocycles. The van der Waals surface area contributed by atoms with Gasteiger partial charge in [-0.3, -0.25) is 0 Å². The van der Waals surface area contributed by atoms with E-state index < -0.39 is 0 Å². The van der Waals surface area contributed by atoms with E-state index in [1.807, 2.05) is 0 Å². The summed E-state index contributed by atoms with van der Waals surface area (Å²) in [5, 5.41) is 10.5. The quantitative estimate of drug-likeness (QED) is 0.125. The molecule has 58 heavy (non-hydrogen) atoms. The third-order valence-corrected chi connectivity index (χ3v) is 13.5. The second kappa shape index (κ2) is 13.5. The van der Waals surface area contributed by atoms with E-state index in [1.165, 1.54) is 121 Å². The Hall–Kier alpha value is -6.64. The molecule has 0 amide bonds. The zero-order valence-corrected chi connectivity index (χ0v) is 33.7. The fraction of sp³-hybridized carbons (Fsp3) is 0.143. The van der Waals surface area contributed by atoms with E-state index in [9.17, 15) is 0 Å². The predicted octanol–water partition coefficient (Wildman–Crippen LogP) is 12.9. The molecule has 0 N–H and O–H groups in total. The van der Waals surface area contributed by atoms with Gasteiger partial charge in [0.1, 0.15) is 0 Å². The van der Waals surface area contributed by atoms with E-state index in [-0.39, 0.29) is 0 Å². The molecular weight excluding hydrogens is 701 g/mol. The monoisotopic (exact) mass is 746 g/mol. The molecule has 2 heteroatoms. The van der Waals surface area contributed by atoms with E-state index >= 15 is 0 Å². The van der Waals surface area contributed by atoms with Crippen molar-refractivity contribution in [1.82, 2.24) is 0 Å². The van der Waals surface area contributed by atoms with Crippen molar-refractivity contribution in [3.63, 3.8) is 0 Å². The van der Waals surface area contributed by atoms with Crippen molar-refractivity contribution in [2.24, 2.45) is 0 Å². The van der Waals surface area contributed by atoms with Crippen molar-refractivity contribution in [2.45, 2.75) is 53.6 Å². The van der Waals surface area contributed by atoms with Crippen molar-refractivity contribution >= 4 is 67.4 Å². The van der Waals surface area contributed by atoms with Gasteiger partial charge in [0.2, 0.25) is 11.4 Å². The molecule has 0 saturated heterocycles. The normalized spacial score (nSPS) is 13.4. The van der Waals surface area contributed by atoms with Gasteiger partial charge in [0.25, 0.3) is 0 Å². The molecular formula is C56H46N2+2. The highest BCUT2D eigenvalue weighted by molar-refractivity contribution is 6.11. The first-order chi connectivity index (χ1) is 28.4. The Balaban J connectivity index is 1.05. The van der Waals surface area contributed by atoms with E-state index in [0.717, 1.165) is 25.9 Å². The zero-order valence-electron chi connectivity index (χ0n) is 33.7. The molecule has 9 aromatic rings. The minimum absolute atomic E-state index is 0.986. The van der Waals surface area contributed by atoms with Gasteiger partial charge in [-0.15, -0.1) is 0 Å². The lowest BCUT2D eigenvalue weighted by molar-refractivity contribution is -0.689. The number of hydrogen-bond acceptors (Lipinski definition) is 0. The lowest BCUT2D eigenvalue weighted by Gasteiger charge is -2.27. The lowest BCUT2D eigenvalue weighted by Crippen LogP contribution is -2.43. The number of pyridine rings is 2. The molecule has 0 spiro atoms. The highest BCUT2D eigenvalue weighted by atomic mass is 15.0. The first-order valence-corrected chi connectivity index (χ1v) is 20.8. The standard InChI is InChI=1S/C56H46N2/c1-35-36(2)46-28-32-58-30-26-40(22-24-52-49-19-11-7-15-43(49)38(4)44-16-8-12-20-50(44)52)34-54(58)56(46)55-45(35)27-31-57-29-25-39(33-53(55)57)21-23-51-47-17-9-5-13-41(47)37(3)42-14-6-10-18-48(42)51/h5-26,29-30,33-34H,27-28,31-32H2,1-4H3/q+2/b23-21+,24-22+. The van der Waals surface area contributed by atoms with Crippen LogP contribution < -0.4 is 9.13 Å². The van der Waals surface area contributed by atoms with Gasteiger partial charge in [-0.05, 0) is 126 Å². The van der Waals surface area contributed by atoms with Crippen LogP contribution in [-0.2, 0) is 25.9 Å². The summed E-state index contributed by atoms with van der Waals surface area (Å²) in [5.41, 5.74) is 19.1. The van der Waals surface area contributed by atoms with Crippen LogP contribution in [-0.4, -0.2) is 0 Å². The Labute approximate surface area is 340 Å². The molecule has 4 heterocycles. The molecule has 0 atom stereocenters. The Morgan fingerprint density at radius 2 is 0.707 bits per heavy atom. The van der Waals surface area contributed by atoms with E-state index in [2.05, 4.69) is 195 Å². The minimum Gasteiger partial charge on any atom is -0.198 e. The van der Waals surface area contributed by atoms with Crippen LogP contribution >= 0.6 is 0 Å². The molecule has 278 valence electrons. The molecule has 11 rings (SSSR count). The van der Waals surface area contributed by atoms with E-state index in [4.69, 9.17) is 0 Å². The summed E-state index contributed by atoms with van der Waals surface area (Å²) in [7, 11) is 0. The van der Waals surface area contributed by atoms with Crippen molar-refractivity contribution in [3.8, 4) is 22.5 Å². The fourth-order valence-corrected chi connectivity index (χ4v) is 10.4. The van der Waals surface area contributed by atoms with Crippen molar-refractivity contribution in [1.29, 1.82) is 0 Å². The van der Waals surface area contributed by atoms with Crippen molar-refractivity contribution in [3.05, 3.63) is 189 Å². The highest BCUT2D eigenvalue weighted by Gasteiger charge is 2.36. The molecule has 2 aliphatic heterocycles. The average Bonchev–Trinajstić information content (AvgIpc) is 3.27. The second-order valence-corrected chi connectivity index (χ2v) is 16.5. The average molecular weight is 747 g/mol. The number of rotatable bonds is 4. The Morgan fingerprint density at radius 1 is 0.379 bits per heavy atom. The van der Waals surface area contributed by atoms with Crippen LogP contribution in [0.15, 0.2) is 134 Å². The highest BCUT2D eigenvalue weighted by Crippen LogP contribution is 2.44. The Kier molecular flexibility index (Phi) is 8.05. The molecule has 0 bridgehead atoms. The maximum atomic E-state index is 2.49. The molecule has 2 aliphatic rings. The molecule has 0 fully saturated rings. The number of hydrogen-bond donors (Lipinski definition) is 0. The summed E-state index contributed by atoms with van der Waals surface area (Å²) in [6.07, 6.45) is 16.1. The first-order valence-electron chi connectivity index (χ1n) is 20.8. The van der Waals surface area contributed by atoms with E-state index in [1.54, 1.807) is 0 Å². The summed E-state index contributed by atoms with van der Waals surface area (Å²) in [6, 6.07) is 44.9. The molecule has 0 radical (unpaired) electrons. The molecule has 0 aliphatic carbocycles. The van der Waals surface area contributed by atoms with Gasteiger partial charge < -0.3 is 0 Å². The van der Waals surface area contributed by atoms with Crippen LogP contribution in [0.25, 0.3) is 89.9 Å². The molecule has 0 saturated carbocycles. The fourth-order valence-electron chi connectivity index (χ4n) is 10.4. The summed E-state index contributed by atoms with van der Waals surface area (Å²) >= 11 is 0. The van der Waals surface area contributed by atoms with Crippen LogP contribution in [0.3, 0.4) is 0 Å². The number of aryl methyl sites for hydroxylation is 4. The maximum absolute atomic E-state index is 2.49. The van der Waals surface area contributed by atoms with Gasteiger partial charge in [-0.2, -0.15) is 9.13 Å². The Morgan fingerprint density at radius 3 is 1.05 bits per heavy atom. The van der Waals surface area contributed by atoms with E-state index in [0.29, 0.717) is 0 Å². The third kappa shape index (κ3) is 5.32. The molecule has 2 nitrogen and oxygen atoms in total. The van der Waals surface area contributed by atoms with Gasteiger partial charge >= 0.3 is 0 Å². The molecule has 7 aromatic carbocycles. The topological polar surface area (TPSA) is 7.76 Å². The van der Waals surface area contributed by atoms with Crippen LogP contribution in [0, 0.1) is 27.7 Å². The maximum Gasteiger partial charge on any atom is 0.214 e. The number of nitrogens with zero attached hydrogens (tertiary/aromatic N) is 2. The number of fused-ring (bicyclic) bond motifs is 11. The van der Waals surface area contributed by atoms with Gasteiger partial charge in [0.15, 0.2) is 25.5 Å². The van der Waals surface area contributed by atoms with Gasteiger partial charge in [-0.1, -0.05) is 121 Å². The van der Waals surface area contributed by atoms with Gasteiger partial charge in [0, 0.05) is 37.1 Å². The summed E-state index contributed by atoms with van der Waals surface area (Å²) in [5.74, 6) is 0. The van der Waals surface area contributed by atoms with Gasteiger partial charge in [0.05, 0.1) is 11.1 Å². The largest absolute Gasteiger partial charge is 0.214 e. The second-order valence-electron chi connectivity index (χ2n) is 16.5. The van der Waals surface area contributed by atoms with Crippen LogP contribution in [0.4, 0.5) is 0 Å². The van der Waals surface area contributed by atoms with Crippen LogP contribution in [0.2, 0.25) is 0 Å². The smallest absolute Gasteiger partial charge is 0.198 e. The number of aromatic nitrogens is 2. The summed E-state index contributed by atoms with van der Waals surface area (Å²) in [6.45, 7) is 11.2. The van der Waals surface area contributed by atoms with Crippen LogP contribution in [0.5, 0.6) is 0 Å². The van der Waals surface area contributed by atoms with Crippen molar-refractivity contribution < 1.29 is 9.13 Å². The van der Waals surface area contributed by atoms with Crippen molar-refractivity contribution in [2.75, 3.05) is 0 Å². The van der Waals surface area contributed by atoms with Crippen LogP contribution in [0.1, 0.15) is 55.6 Å². The van der Waals surface area contributed by atoms with Gasteiger partial charge in [-0.25, -0.2) is 0 Å². The number of benzene rings is 7. The zero-order chi connectivity index (χ0) is 39.1.